The first-order valence-corrected chi connectivity index (χ1v) is 9.18. The molecule has 0 saturated heterocycles. The predicted octanol–water partition coefficient (Wildman–Crippen LogP) is 4.38. The molecule has 2 aromatic carbocycles. The molecule has 0 saturated carbocycles. The number of alkyl halides is 3. The zero-order valence-electron chi connectivity index (χ0n) is 15.8. The number of hydrogen-bond donors (Lipinski definition) is 1. The Labute approximate surface area is 169 Å². The van der Waals surface area contributed by atoms with Crippen LogP contribution in [0.5, 0.6) is 0 Å². The van der Waals surface area contributed by atoms with Crippen molar-refractivity contribution in [3.05, 3.63) is 77.6 Å². The zero-order chi connectivity index (χ0) is 21.5. The second-order valence-corrected chi connectivity index (χ2v) is 6.98. The molecule has 0 aliphatic carbocycles. The lowest BCUT2D eigenvalue weighted by atomic mass is 10.1. The summed E-state index contributed by atoms with van der Waals surface area (Å²) in [5, 5.41) is 6.91. The minimum atomic E-state index is -4.45. The van der Waals surface area contributed by atoms with Crippen LogP contribution in [-0.4, -0.2) is 28.1 Å². The van der Waals surface area contributed by atoms with Crippen molar-refractivity contribution in [1.82, 2.24) is 9.78 Å². The molecule has 4 rings (SSSR count). The molecular formula is C21H17F3N4O2. The Bertz CT molecular complexity index is 1090. The van der Waals surface area contributed by atoms with Crippen LogP contribution >= 0.6 is 0 Å². The number of fused-ring (bicyclic) bond motifs is 1. The molecule has 2 heterocycles. The number of amides is 2. The summed E-state index contributed by atoms with van der Waals surface area (Å²) in [4.78, 5) is 27.0. The Morgan fingerprint density at radius 2 is 1.77 bits per heavy atom. The normalized spacial score (nSPS) is 16.3. The maximum absolute atomic E-state index is 13.1. The van der Waals surface area contributed by atoms with Crippen LogP contribution in [0.3, 0.4) is 0 Å². The number of carbonyl (C=O) groups excluding carboxylic acids is 2. The lowest BCUT2D eigenvalue weighted by Gasteiger charge is -2.32. The highest BCUT2D eigenvalue weighted by molar-refractivity contribution is 6.13. The van der Waals surface area contributed by atoms with Crippen LogP contribution in [0.25, 0.3) is 0 Å². The van der Waals surface area contributed by atoms with Gasteiger partial charge in [0.15, 0.2) is 5.69 Å². The van der Waals surface area contributed by atoms with Crippen molar-refractivity contribution in [2.45, 2.75) is 19.1 Å². The van der Waals surface area contributed by atoms with Crippen molar-refractivity contribution in [2.24, 2.45) is 0 Å². The summed E-state index contributed by atoms with van der Waals surface area (Å²) < 4.78 is 40.0. The third-order valence-corrected chi connectivity index (χ3v) is 4.90. The van der Waals surface area contributed by atoms with Crippen LogP contribution in [-0.2, 0) is 6.18 Å². The number of nitrogens with one attached hydrogen (secondary N) is 1. The zero-order valence-corrected chi connectivity index (χ0v) is 15.8. The fraction of sp³-hybridized carbons (Fsp3) is 0.190. The Kier molecular flexibility index (Phi) is 4.81. The first-order chi connectivity index (χ1) is 14.3. The van der Waals surface area contributed by atoms with Crippen LogP contribution in [0.15, 0.2) is 60.8 Å². The molecule has 9 heteroatoms. The van der Waals surface area contributed by atoms with Gasteiger partial charge in [0.05, 0.1) is 23.5 Å². The van der Waals surface area contributed by atoms with E-state index in [4.69, 9.17) is 0 Å². The number of halogens is 3. The highest BCUT2D eigenvalue weighted by Gasteiger charge is 2.35. The summed E-state index contributed by atoms with van der Waals surface area (Å²) in [5.41, 5.74) is 0.404. The quantitative estimate of drug-likeness (QED) is 0.692. The molecule has 0 radical (unpaired) electrons. The molecule has 6 nitrogen and oxygen atoms in total. The topological polar surface area (TPSA) is 67.2 Å². The van der Waals surface area contributed by atoms with Crippen molar-refractivity contribution in [2.75, 3.05) is 16.8 Å². The molecule has 1 aromatic heterocycles. The van der Waals surface area contributed by atoms with Gasteiger partial charge in [-0.3, -0.25) is 14.3 Å². The van der Waals surface area contributed by atoms with Crippen LogP contribution in [0.4, 0.5) is 24.5 Å². The number of nitrogens with zero attached hydrogens (tertiary/aromatic N) is 3. The maximum Gasteiger partial charge on any atom is 0.416 e. The third kappa shape index (κ3) is 3.54. The van der Waals surface area contributed by atoms with Gasteiger partial charge in [0.2, 0.25) is 0 Å². The van der Waals surface area contributed by atoms with E-state index < -0.39 is 23.6 Å². The van der Waals surface area contributed by atoms with Crippen molar-refractivity contribution in [1.29, 1.82) is 0 Å². The Morgan fingerprint density at radius 3 is 2.40 bits per heavy atom. The minimum absolute atomic E-state index is 0.179. The number of rotatable bonds is 3. The first kappa shape index (κ1) is 19.7. The maximum atomic E-state index is 13.1. The van der Waals surface area contributed by atoms with Crippen molar-refractivity contribution < 1.29 is 22.8 Å². The Balaban J connectivity index is 1.63. The van der Waals surface area contributed by atoms with E-state index in [1.54, 1.807) is 30.3 Å². The fourth-order valence-corrected chi connectivity index (χ4v) is 3.39. The van der Waals surface area contributed by atoms with Gasteiger partial charge >= 0.3 is 6.18 Å². The van der Waals surface area contributed by atoms with Gasteiger partial charge < -0.3 is 10.2 Å². The van der Waals surface area contributed by atoms with Crippen molar-refractivity contribution in [3.8, 4) is 0 Å². The van der Waals surface area contributed by atoms with E-state index in [9.17, 15) is 22.8 Å². The Hall–Kier alpha value is -3.62. The molecule has 1 atom stereocenters. The SMILES string of the molecule is C[C@H]1CN(c2ccc(C(F)(F)F)cc2)C(=O)c2c(NC(=O)c3ccccc3)cnn21. The van der Waals surface area contributed by atoms with E-state index in [1.807, 2.05) is 6.92 Å². The molecule has 1 aliphatic heterocycles. The number of aromatic nitrogens is 2. The van der Waals surface area contributed by atoms with Gasteiger partial charge in [-0.2, -0.15) is 18.3 Å². The second kappa shape index (κ2) is 7.33. The molecule has 0 spiro atoms. The van der Waals surface area contributed by atoms with Crippen LogP contribution in [0.2, 0.25) is 0 Å². The summed E-state index contributed by atoms with van der Waals surface area (Å²) in [6.07, 6.45) is -3.05. The van der Waals surface area contributed by atoms with E-state index in [-0.39, 0.29) is 24.0 Å². The minimum Gasteiger partial charge on any atom is -0.319 e. The number of benzene rings is 2. The fourth-order valence-electron chi connectivity index (χ4n) is 3.39. The van der Waals surface area contributed by atoms with E-state index in [1.165, 1.54) is 27.9 Å². The number of carbonyl (C=O) groups is 2. The van der Waals surface area contributed by atoms with Crippen LogP contribution in [0, 0.1) is 0 Å². The largest absolute Gasteiger partial charge is 0.416 e. The number of hydrogen-bond acceptors (Lipinski definition) is 3. The molecule has 1 N–H and O–H groups in total. The van der Waals surface area contributed by atoms with Gasteiger partial charge in [0.1, 0.15) is 0 Å². The van der Waals surface area contributed by atoms with E-state index in [2.05, 4.69) is 10.4 Å². The Morgan fingerprint density at radius 1 is 1.10 bits per heavy atom. The molecule has 3 aromatic rings. The van der Waals surface area contributed by atoms with E-state index in [0.29, 0.717) is 11.3 Å². The van der Waals surface area contributed by atoms with Crippen LogP contribution in [0.1, 0.15) is 39.4 Å². The first-order valence-electron chi connectivity index (χ1n) is 9.18. The van der Waals surface area contributed by atoms with E-state index in [0.717, 1.165) is 12.1 Å². The molecule has 0 bridgehead atoms. The lowest BCUT2D eigenvalue weighted by Crippen LogP contribution is -2.43. The summed E-state index contributed by atoms with van der Waals surface area (Å²) in [6.45, 7) is 2.08. The highest BCUT2D eigenvalue weighted by atomic mass is 19.4. The van der Waals surface area contributed by atoms with Gasteiger partial charge in [-0.25, -0.2) is 0 Å². The summed E-state index contributed by atoms with van der Waals surface area (Å²) in [5.74, 6) is -0.841. The number of anilines is 2. The molecule has 0 fully saturated rings. The predicted molar refractivity (Wildman–Crippen MR) is 104 cm³/mol. The average molecular weight is 414 g/mol. The smallest absolute Gasteiger partial charge is 0.319 e. The third-order valence-electron chi connectivity index (χ3n) is 4.90. The molecule has 1 aliphatic rings. The molecule has 154 valence electrons. The second-order valence-electron chi connectivity index (χ2n) is 6.98. The molecule has 0 unspecified atom stereocenters. The lowest BCUT2D eigenvalue weighted by molar-refractivity contribution is -0.137. The van der Waals surface area contributed by atoms with Gasteiger partial charge in [-0.15, -0.1) is 0 Å². The molecule has 30 heavy (non-hydrogen) atoms. The van der Waals surface area contributed by atoms with Crippen LogP contribution < -0.4 is 10.2 Å². The summed E-state index contributed by atoms with van der Waals surface area (Å²) in [7, 11) is 0. The average Bonchev–Trinajstić information content (AvgIpc) is 3.15. The van der Waals surface area contributed by atoms with Gasteiger partial charge in [0, 0.05) is 17.8 Å². The van der Waals surface area contributed by atoms with Crippen molar-refractivity contribution in [3.63, 3.8) is 0 Å². The standard InChI is InChI=1S/C21H17F3N4O2/c1-13-12-27(16-9-7-15(8-10-16)21(22,23)24)20(30)18-17(11-25-28(13)18)26-19(29)14-5-3-2-4-6-14/h2-11,13H,12H2,1H3,(H,26,29)/t13-/m0/s1. The summed E-state index contributed by atoms with van der Waals surface area (Å²) >= 11 is 0. The van der Waals surface area contributed by atoms with E-state index >= 15 is 0 Å². The van der Waals surface area contributed by atoms with Crippen molar-refractivity contribution >= 4 is 23.2 Å². The van der Waals surface area contributed by atoms with Gasteiger partial charge in [-0.1, -0.05) is 18.2 Å². The molecular weight excluding hydrogens is 397 g/mol. The highest BCUT2D eigenvalue weighted by Crippen LogP contribution is 2.33. The summed E-state index contributed by atoms with van der Waals surface area (Å²) in [6, 6.07) is 12.7. The van der Waals surface area contributed by atoms with Gasteiger partial charge in [-0.05, 0) is 43.3 Å². The monoisotopic (exact) mass is 414 g/mol. The van der Waals surface area contributed by atoms with Gasteiger partial charge in [0.25, 0.3) is 11.8 Å². The molecule has 2 amide bonds.